The van der Waals surface area contributed by atoms with Gasteiger partial charge in [-0.1, -0.05) is 24.3 Å². The smallest absolute Gasteiger partial charge is 0.323 e. The summed E-state index contributed by atoms with van der Waals surface area (Å²) in [6, 6.07) is 16.0. The van der Waals surface area contributed by atoms with Crippen molar-refractivity contribution < 1.29 is 9.59 Å². The Morgan fingerprint density at radius 1 is 0.936 bits per heavy atom. The molecular weight excluding hydrogens is 618 g/mol. The molecule has 7 N–H and O–H groups in total. The van der Waals surface area contributed by atoms with E-state index in [9.17, 15) is 19.2 Å². The number of rotatable bonds is 9. The van der Waals surface area contributed by atoms with Gasteiger partial charge in [0.1, 0.15) is 6.04 Å². The summed E-state index contributed by atoms with van der Waals surface area (Å²) in [6.07, 6.45) is 3.31. The lowest BCUT2D eigenvalue weighted by Crippen LogP contribution is -2.52. The number of nitrogens with two attached hydrogens (primary N) is 2. The number of carbonyl (C=O) groups excluding carboxylic acids is 2. The molecule has 0 unspecified atom stereocenters. The molecular formula is C35H42ClN7O4. The maximum absolute atomic E-state index is 14.2. The molecule has 2 heterocycles. The first-order chi connectivity index (χ1) is 22.0. The van der Waals surface area contributed by atoms with E-state index in [-0.39, 0.29) is 47.9 Å². The molecule has 248 valence electrons. The Balaban J connectivity index is 0.00000433. The molecule has 0 bridgehead atoms. The second kappa shape index (κ2) is 13.6. The molecule has 2 amide bonds. The summed E-state index contributed by atoms with van der Waals surface area (Å²) in [5.41, 5.74) is 17.7. The van der Waals surface area contributed by atoms with E-state index in [1.165, 1.54) is 4.90 Å². The number of aromatic amines is 3. The van der Waals surface area contributed by atoms with Crippen LogP contribution in [0.15, 0.2) is 64.2 Å². The van der Waals surface area contributed by atoms with Crippen molar-refractivity contribution in [3.05, 3.63) is 86.6 Å². The lowest BCUT2D eigenvalue weighted by molar-refractivity contribution is -0.127. The zero-order valence-electron chi connectivity index (χ0n) is 26.8. The largest absolute Gasteiger partial charge is 0.368 e. The molecule has 1 aliphatic carbocycles. The topological polar surface area (TPSA) is 176 Å². The summed E-state index contributed by atoms with van der Waals surface area (Å²) in [7, 11) is 0. The van der Waals surface area contributed by atoms with Gasteiger partial charge >= 0.3 is 5.69 Å². The number of H-pyrrole nitrogens is 3. The summed E-state index contributed by atoms with van der Waals surface area (Å²) < 4.78 is 1.63. The monoisotopic (exact) mass is 659 g/mol. The van der Waals surface area contributed by atoms with E-state index in [1.807, 2.05) is 57.2 Å². The maximum atomic E-state index is 14.2. The lowest BCUT2D eigenvalue weighted by atomic mass is 9.81. The van der Waals surface area contributed by atoms with Gasteiger partial charge in [0.25, 0.3) is 5.56 Å². The molecule has 0 aliphatic heterocycles. The fraction of sp³-hybridized carbons (Fsp3) is 0.371. The summed E-state index contributed by atoms with van der Waals surface area (Å²) in [4.78, 5) is 59.1. The van der Waals surface area contributed by atoms with Crippen LogP contribution in [0.2, 0.25) is 0 Å². The molecule has 2 aromatic heterocycles. The standard InChI is InChI=1S/C35H41N7O4.ClH/c1-19(2)42-34(45)27-14-20(3)26(17-29(27)40-42)23-8-4-21(5-9-23)15-31(32(37)43)41(33(44)24-10-6-22(18-36)7-11-24)25-12-13-28-30(16-25)39-35(46)38-28;/h4-5,8-9,12-14,16-17,19,22,24,31,40H,6-7,10-11,15,18,36H2,1-3H3,(H2,37,43)(H2,38,39,46);1H/t22?,24?,31-;/m0./s1. The average molecular weight is 660 g/mol. The van der Waals surface area contributed by atoms with Crippen LogP contribution < -0.4 is 27.6 Å². The number of nitrogens with one attached hydrogen (secondary N) is 3. The third-order valence-electron chi connectivity index (χ3n) is 9.45. The normalized spacial score (nSPS) is 17.1. The number of imidazole rings is 1. The highest BCUT2D eigenvalue weighted by molar-refractivity contribution is 6.02. The Morgan fingerprint density at radius 2 is 1.62 bits per heavy atom. The number of primary amides is 1. The first-order valence-corrected chi connectivity index (χ1v) is 15.9. The van der Waals surface area contributed by atoms with Gasteiger partial charge in [-0.15, -0.1) is 12.4 Å². The van der Waals surface area contributed by atoms with Crippen molar-refractivity contribution in [2.45, 2.75) is 65.0 Å². The summed E-state index contributed by atoms with van der Waals surface area (Å²) in [5, 5.41) is 3.87. The Morgan fingerprint density at radius 3 is 2.26 bits per heavy atom. The van der Waals surface area contributed by atoms with Crippen molar-refractivity contribution in [2.24, 2.45) is 23.3 Å². The maximum Gasteiger partial charge on any atom is 0.323 e. The average Bonchev–Trinajstić information content (AvgIpc) is 3.58. The second-order valence-corrected chi connectivity index (χ2v) is 12.9. The van der Waals surface area contributed by atoms with Crippen LogP contribution in [0.3, 0.4) is 0 Å². The third-order valence-corrected chi connectivity index (χ3v) is 9.45. The van der Waals surface area contributed by atoms with E-state index < -0.39 is 11.9 Å². The Labute approximate surface area is 278 Å². The van der Waals surface area contributed by atoms with Crippen molar-refractivity contribution in [1.82, 2.24) is 19.7 Å². The van der Waals surface area contributed by atoms with Gasteiger partial charge in [-0.25, -0.2) is 9.48 Å². The minimum absolute atomic E-state index is 0. The first kappa shape index (κ1) is 33.7. The zero-order valence-corrected chi connectivity index (χ0v) is 27.7. The molecule has 5 aromatic rings. The highest BCUT2D eigenvalue weighted by atomic mass is 35.5. The molecule has 1 fully saturated rings. The van der Waals surface area contributed by atoms with Gasteiger partial charge in [0.05, 0.1) is 21.9 Å². The van der Waals surface area contributed by atoms with Crippen LogP contribution in [0.25, 0.3) is 33.1 Å². The van der Waals surface area contributed by atoms with Gasteiger partial charge in [0.15, 0.2) is 0 Å². The van der Waals surface area contributed by atoms with Crippen molar-refractivity contribution in [1.29, 1.82) is 0 Å². The van der Waals surface area contributed by atoms with Gasteiger partial charge in [0, 0.05) is 24.1 Å². The molecule has 1 aliphatic rings. The Kier molecular flexibility index (Phi) is 9.78. The van der Waals surface area contributed by atoms with Crippen molar-refractivity contribution in [2.75, 3.05) is 11.4 Å². The van der Waals surface area contributed by atoms with Crippen molar-refractivity contribution in [3.8, 4) is 11.1 Å². The number of hydrogen-bond acceptors (Lipinski definition) is 5. The third kappa shape index (κ3) is 6.63. The number of anilines is 1. The summed E-state index contributed by atoms with van der Waals surface area (Å²) in [6.45, 7) is 6.50. The van der Waals surface area contributed by atoms with Crippen LogP contribution in [0.4, 0.5) is 5.69 Å². The first-order valence-electron chi connectivity index (χ1n) is 15.9. The molecule has 47 heavy (non-hydrogen) atoms. The van der Waals surface area contributed by atoms with Crippen molar-refractivity contribution in [3.63, 3.8) is 0 Å². The van der Waals surface area contributed by atoms with E-state index in [1.54, 1.807) is 22.9 Å². The van der Waals surface area contributed by atoms with Gasteiger partial charge in [-0.2, -0.15) is 0 Å². The number of hydrogen-bond donors (Lipinski definition) is 5. The predicted molar refractivity (Wildman–Crippen MR) is 188 cm³/mol. The molecule has 0 spiro atoms. The SMILES string of the molecule is Cc1cc2c(=O)n(C(C)C)[nH]c2cc1-c1ccc(C[C@@H](C(N)=O)N(C(=O)C2CCC(CN)CC2)c2ccc3[nH]c(=O)[nH]c3c2)cc1.Cl. The lowest BCUT2D eigenvalue weighted by Gasteiger charge is -2.35. The Bertz CT molecular complexity index is 2030. The number of benzene rings is 3. The minimum Gasteiger partial charge on any atom is -0.368 e. The zero-order chi connectivity index (χ0) is 32.7. The highest BCUT2D eigenvalue weighted by Gasteiger charge is 2.36. The molecule has 1 atom stereocenters. The number of aromatic nitrogens is 4. The molecule has 11 nitrogen and oxygen atoms in total. The number of halogens is 1. The molecule has 0 saturated heterocycles. The number of amides is 2. The van der Waals surface area contributed by atoms with E-state index >= 15 is 0 Å². The number of aryl methyl sites for hydroxylation is 1. The van der Waals surface area contributed by atoms with Crippen LogP contribution in [0.5, 0.6) is 0 Å². The van der Waals surface area contributed by atoms with Gasteiger partial charge in [-0.05, 0) is 112 Å². The molecule has 0 radical (unpaired) electrons. The van der Waals surface area contributed by atoms with Crippen LogP contribution in [-0.2, 0) is 16.0 Å². The van der Waals surface area contributed by atoms with Crippen molar-refractivity contribution >= 4 is 51.8 Å². The van der Waals surface area contributed by atoms with Gasteiger partial charge < -0.3 is 21.4 Å². The predicted octanol–water partition coefficient (Wildman–Crippen LogP) is 4.67. The second-order valence-electron chi connectivity index (χ2n) is 12.9. The van der Waals surface area contributed by atoms with Crippen LogP contribution >= 0.6 is 12.4 Å². The highest BCUT2D eigenvalue weighted by Crippen LogP contribution is 2.33. The Hall–Kier alpha value is -4.61. The summed E-state index contributed by atoms with van der Waals surface area (Å²) in [5.74, 6) is -0.637. The van der Waals surface area contributed by atoms with Crippen LogP contribution in [0.1, 0.15) is 56.7 Å². The van der Waals surface area contributed by atoms with Crippen LogP contribution in [0, 0.1) is 18.8 Å². The number of fused-ring (bicyclic) bond motifs is 2. The molecule has 1 saturated carbocycles. The fourth-order valence-electron chi connectivity index (χ4n) is 6.80. The van der Waals surface area contributed by atoms with Crippen LogP contribution in [-0.4, -0.2) is 44.1 Å². The van der Waals surface area contributed by atoms with E-state index in [4.69, 9.17) is 11.5 Å². The quantitative estimate of drug-likeness (QED) is 0.154. The summed E-state index contributed by atoms with van der Waals surface area (Å²) >= 11 is 0. The minimum atomic E-state index is -0.951. The van der Waals surface area contributed by atoms with E-state index in [0.29, 0.717) is 47.4 Å². The number of carbonyl (C=O) groups is 2. The van der Waals surface area contributed by atoms with E-state index in [0.717, 1.165) is 40.6 Å². The van der Waals surface area contributed by atoms with E-state index in [2.05, 4.69) is 15.1 Å². The fourth-order valence-corrected chi connectivity index (χ4v) is 6.80. The molecule has 6 rings (SSSR count). The molecule has 12 heteroatoms. The van der Waals surface area contributed by atoms with Gasteiger partial charge in [0.2, 0.25) is 11.8 Å². The number of nitrogens with zero attached hydrogens (tertiary/aromatic N) is 2. The van der Waals surface area contributed by atoms with Gasteiger partial charge in [-0.3, -0.25) is 24.4 Å². The molecule has 3 aromatic carbocycles.